The molecule has 0 aromatic rings. The van der Waals surface area contributed by atoms with E-state index in [0.29, 0.717) is 45.7 Å². The molecule has 0 bridgehead atoms. The largest absolute Gasteiger partial charge is 0.394 e. The molecule has 0 aromatic heterocycles. The third-order valence-corrected chi connectivity index (χ3v) is 4.98. The minimum Gasteiger partial charge on any atom is -0.394 e. The monoisotopic (exact) mass is 456 g/mol. The quantitative estimate of drug-likeness (QED) is 0.218. The first-order valence-corrected chi connectivity index (χ1v) is 12.3. The molecule has 1 aliphatic rings. The first-order valence-electron chi connectivity index (χ1n) is 12.3. The Morgan fingerprint density at radius 3 is 2.19 bits per heavy atom. The minimum atomic E-state index is 0.0687. The summed E-state index contributed by atoms with van der Waals surface area (Å²) in [5, 5.41) is 17.1. The highest BCUT2D eigenvalue weighted by atomic mass is 16.5. The van der Waals surface area contributed by atoms with Gasteiger partial charge in [0, 0.05) is 0 Å². The van der Waals surface area contributed by atoms with Crippen LogP contribution >= 0.6 is 0 Å². The van der Waals surface area contributed by atoms with Crippen LogP contribution in [0.1, 0.15) is 64.2 Å². The van der Waals surface area contributed by atoms with Gasteiger partial charge in [-0.1, -0.05) is 24.3 Å². The van der Waals surface area contributed by atoms with Gasteiger partial charge in [0.2, 0.25) is 0 Å². The van der Waals surface area contributed by atoms with Crippen LogP contribution in [0.2, 0.25) is 0 Å². The van der Waals surface area contributed by atoms with Crippen LogP contribution in [0.15, 0.2) is 37.5 Å². The maximum atomic E-state index is 8.55. The molecule has 2 N–H and O–H groups in total. The lowest BCUT2D eigenvalue weighted by molar-refractivity contribution is -0.00886. The van der Waals surface area contributed by atoms with Gasteiger partial charge >= 0.3 is 0 Å². The Balaban J connectivity index is 0.000000604. The Morgan fingerprint density at radius 1 is 0.812 bits per heavy atom. The van der Waals surface area contributed by atoms with E-state index in [9.17, 15) is 0 Å². The van der Waals surface area contributed by atoms with Crippen molar-refractivity contribution in [1.82, 2.24) is 0 Å². The van der Waals surface area contributed by atoms with Crippen molar-refractivity contribution in [2.75, 3.05) is 52.9 Å². The van der Waals surface area contributed by atoms with Crippen molar-refractivity contribution in [3.63, 3.8) is 0 Å². The van der Waals surface area contributed by atoms with Gasteiger partial charge in [-0.15, -0.1) is 13.2 Å². The average molecular weight is 457 g/mol. The topological polar surface area (TPSA) is 77.4 Å². The fraction of sp³-hybridized carbons (Fsp3) is 0.769. The summed E-state index contributed by atoms with van der Waals surface area (Å²) >= 11 is 0. The maximum absolute atomic E-state index is 8.55. The van der Waals surface area contributed by atoms with Gasteiger partial charge in [-0.2, -0.15) is 0 Å². The van der Waals surface area contributed by atoms with Crippen LogP contribution in [-0.2, 0) is 18.9 Å². The lowest BCUT2D eigenvalue weighted by Gasteiger charge is -2.18. The van der Waals surface area contributed by atoms with E-state index in [1.54, 1.807) is 0 Å². The standard InChI is InChI=1S/C14H26O3.C12H22O3/c1-3-5-7-9-14(8-6-4-2)17-13-12-16-11-10-15;13-8-9-14-10-11-15-12-6-4-2-1-3-5-7-12/h3-4,14-15H,1-2,5-13H2;1-2,12-13H,3-11H2/b;2-1-. The second-order valence-electron chi connectivity index (χ2n) is 7.72. The summed E-state index contributed by atoms with van der Waals surface area (Å²) in [4.78, 5) is 0. The minimum absolute atomic E-state index is 0.0687. The van der Waals surface area contributed by atoms with Crippen molar-refractivity contribution < 1.29 is 29.2 Å². The highest BCUT2D eigenvalue weighted by Gasteiger charge is 2.09. The number of unbranched alkanes of at least 4 members (excludes halogenated alkanes) is 1. The molecule has 0 heterocycles. The van der Waals surface area contributed by atoms with Gasteiger partial charge in [-0.3, -0.25) is 0 Å². The van der Waals surface area contributed by atoms with Crippen molar-refractivity contribution in [3.05, 3.63) is 37.5 Å². The summed E-state index contributed by atoms with van der Waals surface area (Å²) in [5.74, 6) is 0. The Morgan fingerprint density at radius 2 is 1.50 bits per heavy atom. The van der Waals surface area contributed by atoms with Crippen LogP contribution in [-0.4, -0.2) is 75.3 Å². The molecule has 32 heavy (non-hydrogen) atoms. The zero-order valence-corrected chi connectivity index (χ0v) is 20.1. The highest BCUT2D eigenvalue weighted by Crippen LogP contribution is 2.15. The van der Waals surface area contributed by atoms with E-state index in [1.165, 1.54) is 12.8 Å². The molecule has 6 heteroatoms. The number of aliphatic hydroxyl groups excluding tert-OH is 2. The van der Waals surface area contributed by atoms with Gasteiger partial charge in [-0.25, -0.2) is 0 Å². The molecule has 0 aromatic carbocycles. The van der Waals surface area contributed by atoms with E-state index in [0.717, 1.165) is 51.4 Å². The predicted octanol–water partition coefficient (Wildman–Crippen LogP) is 4.60. The van der Waals surface area contributed by atoms with E-state index in [4.69, 9.17) is 29.2 Å². The van der Waals surface area contributed by atoms with Gasteiger partial charge in [0.1, 0.15) is 0 Å². The molecule has 0 aliphatic heterocycles. The summed E-state index contributed by atoms with van der Waals surface area (Å²) in [6, 6.07) is 0. The Bertz CT molecular complexity index is 427. The van der Waals surface area contributed by atoms with Crippen molar-refractivity contribution in [1.29, 1.82) is 0 Å². The fourth-order valence-electron chi connectivity index (χ4n) is 3.28. The van der Waals surface area contributed by atoms with Crippen molar-refractivity contribution >= 4 is 0 Å². The molecule has 0 spiro atoms. The van der Waals surface area contributed by atoms with Gasteiger partial charge in [0.25, 0.3) is 0 Å². The summed E-state index contributed by atoms with van der Waals surface area (Å²) in [6.07, 6.45) is 20.1. The zero-order chi connectivity index (χ0) is 23.5. The van der Waals surface area contributed by atoms with Gasteiger partial charge < -0.3 is 29.2 Å². The second-order valence-corrected chi connectivity index (χ2v) is 7.72. The van der Waals surface area contributed by atoms with Gasteiger partial charge in [-0.05, 0) is 64.2 Å². The van der Waals surface area contributed by atoms with E-state index >= 15 is 0 Å². The molecular formula is C26H48O6. The van der Waals surface area contributed by atoms with Crippen LogP contribution in [0.5, 0.6) is 0 Å². The van der Waals surface area contributed by atoms with Crippen molar-refractivity contribution in [3.8, 4) is 0 Å². The molecule has 2 unspecified atom stereocenters. The lowest BCUT2D eigenvalue weighted by atomic mass is 10.0. The Labute approximate surface area is 196 Å². The molecule has 1 rings (SSSR count). The smallest absolute Gasteiger partial charge is 0.0704 e. The molecule has 1 aliphatic carbocycles. The molecule has 0 saturated heterocycles. The second kappa shape index (κ2) is 26.2. The fourth-order valence-corrected chi connectivity index (χ4v) is 3.28. The molecule has 2 atom stereocenters. The number of aliphatic hydroxyl groups is 2. The summed E-state index contributed by atoms with van der Waals surface area (Å²) < 4.78 is 21.8. The number of allylic oxidation sites excluding steroid dienone is 4. The Kier molecular flexibility index (Phi) is 25.4. The van der Waals surface area contributed by atoms with Crippen molar-refractivity contribution in [2.45, 2.75) is 76.4 Å². The third kappa shape index (κ3) is 22.2. The van der Waals surface area contributed by atoms with Crippen LogP contribution < -0.4 is 0 Å². The third-order valence-electron chi connectivity index (χ3n) is 4.98. The van der Waals surface area contributed by atoms with Crippen molar-refractivity contribution in [2.24, 2.45) is 0 Å². The molecule has 0 fully saturated rings. The van der Waals surface area contributed by atoms with Crippen LogP contribution in [0.4, 0.5) is 0 Å². The molecular weight excluding hydrogens is 408 g/mol. The van der Waals surface area contributed by atoms with E-state index in [1.807, 2.05) is 12.2 Å². The lowest BCUT2D eigenvalue weighted by Crippen LogP contribution is -2.17. The van der Waals surface area contributed by atoms with Gasteiger partial charge in [0.15, 0.2) is 0 Å². The number of hydrogen-bond donors (Lipinski definition) is 2. The maximum Gasteiger partial charge on any atom is 0.0704 e. The molecule has 6 nitrogen and oxygen atoms in total. The molecule has 188 valence electrons. The number of hydrogen-bond acceptors (Lipinski definition) is 6. The van der Waals surface area contributed by atoms with Gasteiger partial charge in [0.05, 0.1) is 65.1 Å². The number of rotatable bonds is 19. The molecule has 0 radical (unpaired) electrons. The molecule has 0 amide bonds. The Hall–Kier alpha value is -1.02. The van der Waals surface area contributed by atoms with Crippen LogP contribution in [0.3, 0.4) is 0 Å². The van der Waals surface area contributed by atoms with E-state index in [-0.39, 0.29) is 19.3 Å². The summed E-state index contributed by atoms with van der Waals surface area (Å²) in [5.41, 5.74) is 0. The first-order chi connectivity index (χ1) is 15.8. The summed E-state index contributed by atoms with van der Waals surface area (Å²) in [6.45, 7) is 10.8. The van der Waals surface area contributed by atoms with E-state index in [2.05, 4.69) is 25.3 Å². The molecule has 0 saturated carbocycles. The normalized spacial score (nSPS) is 18.0. The highest BCUT2D eigenvalue weighted by molar-refractivity contribution is 4.85. The van der Waals surface area contributed by atoms with Crippen LogP contribution in [0.25, 0.3) is 0 Å². The zero-order valence-electron chi connectivity index (χ0n) is 20.1. The predicted molar refractivity (Wildman–Crippen MR) is 131 cm³/mol. The summed E-state index contributed by atoms with van der Waals surface area (Å²) in [7, 11) is 0. The van der Waals surface area contributed by atoms with E-state index < -0.39 is 0 Å². The van der Waals surface area contributed by atoms with Crippen LogP contribution in [0, 0.1) is 0 Å². The SMILES string of the molecule is C=CCCCC(CCC=C)OCCOCCO.OCCOCCOC1CC/C=C\CCC1. The number of ether oxygens (including phenoxy) is 4. The average Bonchev–Trinajstić information content (AvgIpc) is 2.78. The first kappa shape index (κ1) is 31.0.